The van der Waals surface area contributed by atoms with Gasteiger partial charge in [0, 0.05) is 17.3 Å². The molecule has 0 fully saturated rings. The van der Waals surface area contributed by atoms with Gasteiger partial charge in [-0.3, -0.25) is 4.79 Å². The highest BCUT2D eigenvalue weighted by molar-refractivity contribution is 5.86. The Labute approximate surface area is 160 Å². The number of nitrogens with zero attached hydrogens (tertiary/aromatic N) is 1. The number of hydrazone groups is 1. The summed E-state index contributed by atoms with van der Waals surface area (Å²) in [5, 5.41) is 16.2. The molecule has 0 radical (unpaired) electrons. The summed E-state index contributed by atoms with van der Waals surface area (Å²) in [6.45, 7) is 3.44. The molecule has 0 unspecified atom stereocenters. The Balaban J connectivity index is 1.87. The van der Waals surface area contributed by atoms with Gasteiger partial charge >= 0.3 is 6.18 Å². The molecular weight excluding hydrogens is 375 g/mol. The van der Waals surface area contributed by atoms with Crippen LogP contribution in [0.2, 0.25) is 0 Å². The number of carbonyl (C=O) groups excluding carboxylic acids is 1. The van der Waals surface area contributed by atoms with Crippen LogP contribution in [0, 0.1) is 0 Å². The van der Waals surface area contributed by atoms with Gasteiger partial charge in [-0.1, -0.05) is 6.07 Å². The number of hydrogen-bond acceptors (Lipinski definition) is 5. The lowest BCUT2D eigenvalue weighted by Gasteiger charge is -2.10. The fraction of sp³-hybridized carbons (Fsp3) is 0.263. The van der Waals surface area contributed by atoms with Crippen molar-refractivity contribution in [1.29, 1.82) is 0 Å². The summed E-state index contributed by atoms with van der Waals surface area (Å²) in [7, 11) is 0. The molecule has 3 N–H and O–H groups in total. The Hall–Kier alpha value is -3.23. The van der Waals surface area contributed by atoms with Crippen molar-refractivity contribution in [3.63, 3.8) is 0 Å². The fourth-order valence-electron chi connectivity index (χ4n) is 2.18. The molecule has 0 aliphatic rings. The number of hydrogen-bond donors (Lipinski definition) is 3. The minimum Gasteiger partial charge on any atom is -0.507 e. The summed E-state index contributed by atoms with van der Waals surface area (Å²) in [6, 6.07) is 9.18. The van der Waals surface area contributed by atoms with E-state index >= 15 is 0 Å². The Morgan fingerprint density at radius 3 is 2.64 bits per heavy atom. The van der Waals surface area contributed by atoms with Gasteiger partial charge in [-0.2, -0.15) is 18.3 Å². The Bertz CT molecular complexity index is 852. The zero-order valence-electron chi connectivity index (χ0n) is 15.2. The monoisotopic (exact) mass is 395 g/mol. The molecule has 2 rings (SSSR count). The second-order valence-electron chi connectivity index (χ2n) is 6.11. The molecule has 0 saturated heterocycles. The topological polar surface area (TPSA) is 83.0 Å². The van der Waals surface area contributed by atoms with Crippen molar-refractivity contribution in [2.24, 2.45) is 5.10 Å². The number of phenolic OH excluding ortho intramolecular Hbond substituents is 1. The molecule has 2 aromatic carbocycles. The summed E-state index contributed by atoms with van der Waals surface area (Å²) in [5.41, 5.74) is 1.94. The first-order valence-electron chi connectivity index (χ1n) is 8.38. The van der Waals surface area contributed by atoms with Gasteiger partial charge in [0.05, 0.1) is 24.4 Å². The Kier molecular flexibility index (Phi) is 6.86. The van der Waals surface area contributed by atoms with Crippen LogP contribution in [0.1, 0.15) is 25.0 Å². The van der Waals surface area contributed by atoms with Crippen molar-refractivity contribution in [3.05, 3.63) is 53.6 Å². The van der Waals surface area contributed by atoms with E-state index in [1.807, 2.05) is 13.8 Å². The second-order valence-corrected chi connectivity index (χ2v) is 6.11. The number of ether oxygens (including phenoxy) is 1. The summed E-state index contributed by atoms with van der Waals surface area (Å²) >= 11 is 0. The number of halogens is 3. The summed E-state index contributed by atoms with van der Waals surface area (Å²) < 4.78 is 43.4. The lowest BCUT2D eigenvalue weighted by molar-refractivity contribution is -0.137. The molecule has 0 spiro atoms. The summed E-state index contributed by atoms with van der Waals surface area (Å²) in [5.74, 6) is -0.134. The maximum absolute atomic E-state index is 12.7. The minimum atomic E-state index is -4.46. The van der Waals surface area contributed by atoms with Crippen LogP contribution in [0.4, 0.5) is 18.9 Å². The number of carbonyl (C=O) groups is 1. The highest BCUT2D eigenvalue weighted by atomic mass is 19.4. The number of rotatable bonds is 7. The van der Waals surface area contributed by atoms with E-state index in [9.17, 15) is 23.1 Å². The third-order valence-electron chi connectivity index (χ3n) is 3.41. The van der Waals surface area contributed by atoms with Crippen LogP contribution < -0.4 is 15.5 Å². The summed E-state index contributed by atoms with van der Waals surface area (Å²) in [4.78, 5) is 11.8. The number of phenols is 1. The lowest BCUT2D eigenvalue weighted by Crippen LogP contribution is -2.26. The first kappa shape index (κ1) is 21.1. The molecule has 0 bridgehead atoms. The van der Waals surface area contributed by atoms with Crippen LogP contribution in [0.15, 0.2) is 47.6 Å². The molecule has 6 nitrogen and oxygen atoms in total. The standard InChI is InChI=1S/C19H20F3N3O3/c1-12(2)28-16-7-6-13(17(26)9-16)10-24-25-18(27)11-23-15-5-3-4-14(8-15)19(20,21)22/h3-10,12,23,26H,11H2,1-2H3,(H,25,27)/b24-10-. The molecule has 1 amide bonds. The zero-order chi connectivity index (χ0) is 20.7. The van der Waals surface area contributed by atoms with Gasteiger partial charge in [0.15, 0.2) is 0 Å². The molecule has 2 aromatic rings. The summed E-state index contributed by atoms with van der Waals surface area (Å²) in [6.07, 6.45) is -3.25. The zero-order valence-corrected chi connectivity index (χ0v) is 15.2. The number of aromatic hydroxyl groups is 1. The third-order valence-corrected chi connectivity index (χ3v) is 3.41. The largest absolute Gasteiger partial charge is 0.507 e. The van der Waals surface area contributed by atoms with Crippen molar-refractivity contribution < 1.29 is 27.8 Å². The highest BCUT2D eigenvalue weighted by Gasteiger charge is 2.30. The van der Waals surface area contributed by atoms with E-state index in [-0.39, 0.29) is 24.1 Å². The van der Waals surface area contributed by atoms with Gasteiger partial charge in [-0.15, -0.1) is 0 Å². The SMILES string of the molecule is CC(C)Oc1ccc(/C=N\NC(=O)CNc2cccc(C(F)(F)F)c2)c(O)c1. The van der Waals surface area contributed by atoms with Crippen LogP contribution in [0.25, 0.3) is 0 Å². The van der Waals surface area contributed by atoms with Gasteiger partial charge in [-0.05, 0) is 44.2 Å². The van der Waals surface area contributed by atoms with E-state index < -0.39 is 17.6 Å². The average Bonchev–Trinajstić information content (AvgIpc) is 2.61. The maximum Gasteiger partial charge on any atom is 0.416 e. The Morgan fingerprint density at radius 2 is 2.00 bits per heavy atom. The number of alkyl halides is 3. The predicted molar refractivity (Wildman–Crippen MR) is 99.5 cm³/mol. The third kappa shape index (κ3) is 6.49. The fourth-order valence-corrected chi connectivity index (χ4v) is 2.18. The van der Waals surface area contributed by atoms with Gasteiger partial charge in [0.2, 0.25) is 0 Å². The molecule has 0 atom stereocenters. The van der Waals surface area contributed by atoms with E-state index in [1.54, 1.807) is 12.1 Å². The van der Waals surface area contributed by atoms with Gasteiger partial charge in [0.25, 0.3) is 5.91 Å². The molecule has 0 heterocycles. The van der Waals surface area contributed by atoms with Crippen LogP contribution in [0.5, 0.6) is 11.5 Å². The lowest BCUT2D eigenvalue weighted by atomic mass is 10.2. The molecule has 0 aromatic heterocycles. The molecule has 28 heavy (non-hydrogen) atoms. The van der Waals surface area contributed by atoms with Crippen molar-refractivity contribution in [2.75, 3.05) is 11.9 Å². The van der Waals surface area contributed by atoms with Gasteiger partial charge < -0.3 is 15.2 Å². The van der Waals surface area contributed by atoms with Crippen LogP contribution in [-0.4, -0.2) is 29.9 Å². The predicted octanol–water partition coefficient (Wildman–Crippen LogP) is 3.76. The number of amides is 1. The Morgan fingerprint density at radius 1 is 1.25 bits per heavy atom. The van der Waals surface area contributed by atoms with Crippen LogP contribution in [0.3, 0.4) is 0 Å². The molecule has 0 aliphatic heterocycles. The van der Waals surface area contributed by atoms with Gasteiger partial charge in [-0.25, -0.2) is 5.43 Å². The van der Waals surface area contributed by atoms with Gasteiger partial charge in [0.1, 0.15) is 11.5 Å². The molecule has 0 saturated carbocycles. The van der Waals surface area contributed by atoms with Crippen molar-refractivity contribution in [1.82, 2.24) is 5.43 Å². The van der Waals surface area contributed by atoms with Crippen LogP contribution in [-0.2, 0) is 11.0 Å². The molecule has 150 valence electrons. The average molecular weight is 395 g/mol. The van der Waals surface area contributed by atoms with E-state index in [0.717, 1.165) is 12.1 Å². The van der Waals surface area contributed by atoms with Crippen molar-refractivity contribution in [2.45, 2.75) is 26.1 Å². The maximum atomic E-state index is 12.7. The molecule has 0 aliphatic carbocycles. The normalized spacial score (nSPS) is 11.6. The highest BCUT2D eigenvalue weighted by Crippen LogP contribution is 2.30. The number of nitrogens with one attached hydrogen (secondary N) is 2. The second kappa shape index (κ2) is 9.12. The van der Waals surface area contributed by atoms with E-state index in [1.165, 1.54) is 24.4 Å². The molecule has 9 heteroatoms. The molecular formula is C19H20F3N3O3. The quantitative estimate of drug-likeness (QED) is 0.492. The smallest absolute Gasteiger partial charge is 0.416 e. The van der Waals surface area contributed by atoms with E-state index in [0.29, 0.717) is 11.3 Å². The van der Waals surface area contributed by atoms with Crippen molar-refractivity contribution >= 4 is 17.8 Å². The first-order valence-corrected chi connectivity index (χ1v) is 8.38. The van der Waals surface area contributed by atoms with Crippen molar-refractivity contribution in [3.8, 4) is 11.5 Å². The first-order chi connectivity index (χ1) is 13.1. The van der Waals surface area contributed by atoms with E-state index in [4.69, 9.17) is 4.74 Å². The number of anilines is 1. The van der Waals surface area contributed by atoms with Crippen LogP contribution >= 0.6 is 0 Å². The van der Waals surface area contributed by atoms with E-state index in [2.05, 4.69) is 15.8 Å². The number of benzene rings is 2. The minimum absolute atomic E-state index is 0.0393.